The van der Waals surface area contributed by atoms with E-state index in [-0.39, 0.29) is 35.7 Å². The number of carbonyl (C=O) groups is 1. The summed E-state index contributed by atoms with van der Waals surface area (Å²) in [6, 6.07) is 9.46. The molecule has 1 heterocycles. The molecule has 1 aliphatic heterocycles. The first kappa shape index (κ1) is 15.0. The number of methoxy groups -OCH3 is 1. The zero-order valence-electron chi connectivity index (χ0n) is 13.4. The second kappa shape index (κ2) is 5.53. The van der Waals surface area contributed by atoms with Gasteiger partial charge in [-0.3, -0.25) is 4.79 Å². The van der Waals surface area contributed by atoms with Crippen molar-refractivity contribution in [1.29, 1.82) is 0 Å². The lowest BCUT2D eigenvalue weighted by Crippen LogP contribution is -2.34. The Bertz CT molecular complexity index is 830. The molecule has 24 heavy (non-hydrogen) atoms. The van der Waals surface area contributed by atoms with E-state index in [1.807, 2.05) is 18.2 Å². The number of benzene rings is 2. The summed E-state index contributed by atoms with van der Waals surface area (Å²) in [5.74, 6) is -0.835. The highest BCUT2D eigenvalue weighted by Gasteiger charge is 2.38. The lowest BCUT2D eigenvalue weighted by molar-refractivity contribution is -0.140. The highest BCUT2D eigenvalue weighted by Crippen LogP contribution is 2.51. The van der Waals surface area contributed by atoms with Gasteiger partial charge in [-0.25, -0.2) is 0 Å². The Hall–Kier alpha value is -2.53. The molecule has 2 aromatic rings. The number of fused-ring (bicyclic) bond motifs is 2. The first-order chi connectivity index (χ1) is 11.6. The highest BCUT2D eigenvalue weighted by atomic mass is 16.5. The second-order valence-corrected chi connectivity index (χ2v) is 6.37. The van der Waals surface area contributed by atoms with Crippen molar-refractivity contribution >= 4 is 5.97 Å². The summed E-state index contributed by atoms with van der Waals surface area (Å²) in [4.78, 5) is 12.0. The number of hydrogen-bond donors (Lipinski definition) is 3. The molecule has 124 valence electrons. The fourth-order valence-electron chi connectivity index (χ4n) is 4.13. The number of carbonyl (C=O) groups excluding carboxylic acids is 1. The van der Waals surface area contributed by atoms with E-state index in [4.69, 9.17) is 4.74 Å². The summed E-state index contributed by atoms with van der Waals surface area (Å²) in [6.07, 6.45) is 0.136. The molecule has 0 fully saturated rings. The van der Waals surface area contributed by atoms with Crippen molar-refractivity contribution in [3.05, 3.63) is 58.1 Å². The van der Waals surface area contributed by atoms with Crippen molar-refractivity contribution in [1.82, 2.24) is 5.32 Å². The van der Waals surface area contributed by atoms with E-state index in [9.17, 15) is 15.0 Å². The Morgan fingerprint density at radius 2 is 2.04 bits per heavy atom. The maximum absolute atomic E-state index is 12.0. The van der Waals surface area contributed by atoms with E-state index in [0.717, 1.165) is 24.2 Å². The minimum Gasteiger partial charge on any atom is -0.504 e. The van der Waals surface area contributed by atoms with Gasteiger partial charge in [-0.15, -0.1) is 0 Å². The molecule has 4 rings (SSSR count). The number of rotatable bonds is 2. The van der Waals surface area contributed by atoms with Crippen LogP contribution in [0.2, 0.25) is 0 Å². The number of hydrogen-bond acceptors (Lipinski definition) is 5. The molecule has 2 aliphatic rings. The van der Waals surface area contributed by atoms with Gasteiger partial charge in [-0.1, -0.05) is 24.3 Å². The van der Waals surface area contributed by atoms with Crippen LogP contribution in [0.5, 0.6) is 11.5 Å². The monoisotopic (exact) mass is 325 g/mol. The van der Waals surface area contributed by atoms with Crippen LogP contribution in [0, 0.1) is 0 Å². The van der Waals surface area contributed by atoms with E-state index in [1.54, 1.807) is 0 Å². The van der Waals surface area contributed by atoms with Crippen molar-refractivity contribution in [3.63, 3.8) is 0 Å². The molecule has 0 amide bonds. The maximum Gasteiger partial charge on any atom is 0.306 e. The number of aromatic hydroxyl groups is 2. The summed E-state index contributed by atoms with van der Waals surface area (Å²) in [6.45, 7) is 1.57. The zero-order chi connectivity index (χ0) is 16.8. The standard InChI is InChI=1S/C19H19NO4/c1-24-16(22)7-13-11-4-2-3-10-8-20-9-14(17(10)11)12-5-6-15(21)19(23)18(12)13/h2-6,13-14,20-21,23H,7-9H2,1H3/t13?,14-/m0/s1. The normalized spacial score (nSPS) is 20.9. The van der Waals surface area contributed by atoms with Crippen molar-refractivity contribution in [2.24, 2.45) is 0 Å². The summed E-state index contributed by atoms with van der Waals surface area (Å²) >= 11 is 0. The molecular weight excluding hydrogens is 306 g/mol. The van der Waals surface area contributed by atoms with Crippen LogP contribution in [0.4, 0.5) is 0 Å². The molecule has 1 aliphatic carbocycles. The molecule has 0 saturated carbocycles. The molecular formula is C19H19NO4. The van der Waals surface area contributed by atoms with Crippen LogP contribution in [-0.4, -0.2) is 29.8 Å². The average Bonchev–Trinajstić information content (AvgIpc) is 2.61. The van der Waals surface area contributed by atoms with Crippen LogP contribution < -0.4 is 5.32 Å². The van der Waals surface area contributed by atoms with Crippen molar-refractivity contribution in [2.45, 2.75) is 24.8 Å². The van der Waals surface area contributed by atoms with Crippen LogP contribution in [0.1, 0.15) is 46.1 Å². The summed E-state index contributed by atoms with van der Waals surface area (Å²) < 4.78 is 4.86. The minimum atomic E-state index is -0.335. The van der Waals surface area contributed by atoms with E-state index in [2.05, 4.69) is 11.4 Å². The third-order valence-corrected chi connectivity index (χ3v) is 5.17. The smallest absolute Gasteiger partial charge is 0.306 e. The maximum atomic E-state index is 12.0. The fraction of sp³-hybridized carbons (Fsp3) is 0.316. The topological polar surface area (TPSA) is 78.8 Å². The lowest BCUT2D eigenvalue weighted by atomic mass is 9.68. The Balaban J connectivity index is 1.98. The summed E-state index contributed by atoms with van der Waals surface area (Å²) in [5, 5.41) is 23.9. The fourth-order valence-corrected chi connectivity index (χ4v) is 4.13. The van der Waals surface area contributed by atoms with Crippen LogP contribution in [0.25, 0.3) is 0 Å². The van der Waals surface area contributed by atoms with Gasteiger partial charge in [0.1, 0.15) is 0 Å². The quantitative estimate of drug-likeness (QED) is 0.583. The van der Waals surface area contributed by atoms with Crippen LogP contribution in [0.15, 0.2) is 30.3 Å². The molecule has 0 bridgehead atoms. The molecule has 0 aromatic heterocycles. The second-order valence-electron chi connectivity index (χ2n) is 6.37. The number of ether oxygens (including phenoxy) is 1. The van der Waals surface area contributed by atoms with Gasteiger partial charge in [-0.05, 0) is 28.3 Å². The van der Waals surface area contributed by atoms with Crippen LogP contribution in [-0.2, 0) is 16.1 Å². The van der Waals surface area contributed by atoms with Gasteiger partial charge < -0.3 is 20.3 Å². The number of phenolic OH excluding ortho intramolecular Hbond substituents is 2. The van der Waals surface area contributed by atoms with Crippen LogP contribution >= 0.6 is 0 Å². The average molecular weight is 325 g/mol. The Morgan fingerprint density at radius 1 is 1.21 bits per heavy atom. The SMILES string of the molecule is COC(=O)CC1c2cccc3c2[C@@H](CNC3)c2ccc(O)c(O)c21. The lowest BCUT2D eigenvalue weighted by Gasteiger charge is -2.38. The van der Waals surface area contributed by atoms with E-state index in [0.29, 0.717) is 5.56 Å². The third kappa shape index (κ3) is 2.08. The number of phenols is 2. The van der Waals surface area contributed by atoms with Gasteiger partial charge in [0, 0.05) is 30.5 Å². The minimum absolute atomic E-state index is 0.111. The highest BCUT2D eigenvalue weighted by molar-refractivity contribution is 5.74. The first-order valence-corrected chi connectivity index (χ1v) is 8.05. The molecule has 2 atom stereocenters. The predicted octanol–water partition coefficient (Wildman–Crippen LogP) is 2.34. The Labute approximate surface area is 139 Å². The molecule has 5 nitrogen and oxygen atoms in total. The molecule has 0 saturated heterocycles. The zero-order valence-corrected chi connectivity index (χ0v) is 13.4. The van der Waals surface area contributed by atoms with E-state index < -0.39 is 0 Å². The molecule has 0 spiro atoms. The van der Waals surface area contributed by atoms with Gasteiger partial charge in [0.15, 0.2) is 11.5 Å². The van der Waals surface area contributed by atoms with Crippen molar-refractivity contribution in [2.75, 3.05) is 13.7 Å². The summed E-state index contributed by atoms with van der Waals surface area (Å²) in [7, 11) is 1.36. The van der Waals surface area contributed by atoms with E-state index >= 15 is 0 Å². The van der Waals surface area contributed by atoms with Gasteiger partial charge >= 0.3 is 5.97 Å². The summed E-state index contributed by atoms with van der Waals surface area (Å²) in [5.41, 5.74) is 5.10. The number of nitrogens with one attached hydrogen (secondary N) is 1. The molecule has 5 heteroatoms. The number of esters is 1. The van der Waals surface area contributed by atoms with Gasteiger partial charge in [0.2, 0.25) is 0 Å². The third-order valence-electron chi connectivity index (χ3n) is 5.17. The van der Waals surface area contributed by atoms with Crippen LogP contribution in [0.3, 0.4) is 0 Å². The molecule has 2 aromatic carbocycles. The largest absolute Gasteiger partial charge is 0.504 e. The first-order valence-electron chi connectivity index (χ1n) is 8.05. The molecule has 1 unspecified atom stereocenters. The Kier molecular flexibility index (Phi) is 3.46. The van der Waals surface area contributed by atoms with Crippen molar-refractivity contribution < 1.29 is 19.7 Å². The molecule has 3 N–H and O–H groups in total. The molecule has 0 radical (unpaired) electrons. The Morgan fingerprint density at radius 3 is 2.83 bits per heavy atom. The predicted molar refractivity (Wildman–Crippen MR) is 88.2 cm³/mol. The van der Waals surface area contributed by atoms with Gasteiger partial charge in [0.05, 0.1) is 13.5 Å². The van der Waals surface area contributed by atoms with E-state index in [1.165, 1.54) is 24.3 Å². The van der Waals surface area contributed by atoms with Gasteiger partial charge in [0.25, 0.3) is 0 Å². The van der Waals surface area contributed by atoms with Gasteiger partial charge in [-0.2, -0.15) is 0 Å². The van der Waals surface area contributed by atoms with Crippen molar-refractivity contribution in [3.8, 4) is 11.5 Å².